The highest BCUT2D eigenvalue weighted by Crippen LogP contribution is 2.41. The fourth-order valence-corrected chi connectivity index (χ4v) is 5.70. The number of aromatic amines is 1. The molecule has 42 heavy (non-hydrogen) atoms. The van der Waals surface area contributed by atoms with Gasteiger partial charge in [-0.2, -0.15) is 5.10 Å². The zero-order valence-electron chi connectivity index (χ0n) is 24.6. The number of aromatic carboxylic acids is 1. The van der Waals surface area contributed by atoms with Gasteiger partial charge in [0.2, 0.25) is 5.95 Å². The number of H-pyrrole nitrogens is 1. The van der Waals surface area contributed by atoms with E-state index in [2.05, 4.69) is 72.1 Å². The lowest BCUT2D eigenvalue weighted by Gasteiger charge is -2.34. The molecule has 0 radical (unpaired) electrons. The minimum Gasteiger partial charge on any atom is -0.492 e. The molecule has 1 saturated heterocycles. The average Bonchev–Trinajstić information content (AvgIpc) is 3.27. The maximum Gasteiger partial charge on any atom is 0.338 e. The number of carboxylic acid groups (broad SMARTS) is 1. The topological polar surface area (TPSA) is 145 Å². The van der Waals surface area contributed by atoms with Crippen molar-refractivity contribution in [2.24, 2.45) is 0 Å². The van der Waals surface area contributed by atoms with Crippen LogP contribution in [0, 0.1) is 13.8 Å². The van der Waals surface area contributed by atoms with Crippen LogP contribution >= 0.6 is 11.8 Å². The SMILES string of the molecule is Cc1[nH]nc(Nc2ncnc3cc(OCCCN4CCN(c5ncc(C(=O)O)cn5)CC4)c(SC(C)(C)C)cc23)c1C. The van der Waals surface area contributed by atoms with E-state index < -0.39 is 5.97 Å². The molecule has 1 fully saturated rings. The van der Waals surface area contributed by atoms with Gasteiger partial charge in [-0.25, -0.2) is 24.7 Å². The Morgan fingerprint density at radius 2 is 1.81 bits per heavy atom. The molecule has 1 aliphatic heterocycles. The minimum absolute atomic E-state index is 0.0117. The third-order valence-electron chi connectivity index (χ3n) is 7.02. The molecule has 3 N–H and O–H groups in total. The van der Waals surface area contributed by atoms with Gasteiger partial charge in [0.15, 0.2) is 5.82 Å². The number of aryl methyl sites for hydroxylation is 1. The van der Waals surface area contributed by atoms with Crippen LogP contribution in [0.25, 0.3) is 10.9 Å². The van der Waals surface area contributed by atoms with Crippen molar-refractivity contribution in [3.63, 3.8) is 0 Å². The van der Waals surface area contributed by atoms with Crippen molar-refractivity contribution < 1.29 is 14.6 Å². The summed E-state index contributed by atoms with van der Waals surface area (Å²) in [4.78, 5) is 34.1. The molecule has 5 rings (SSSR count). The maximum atomic E-state index is 11.0. The standard InChI is InChI=1S/C29H37N9O3S/c1-18-19(2)35-36-25(18)34-26-21-13-24(42-29(3,4)5)23(14-22(21)32-17-33-26)41-12-6-7-37-8-10-38(11-9-37)28-30-15-20(16-31-28)27(39)40/h13-17H,6-12H2,1-5H3,(H,39,40)(H2,32,33,34,35,36). The van der Waals surface area contributed by atoms with Crippen molar-refractivity contribution in [1.82, 2.24) is 35.0 Å². The normalized spacial score (nSPS) is 14.4. The van der Waals surface area contributed by atoms with E-state index in [0.29, 0.717) is 18.4 Å². The second-order valence-corrected chi connectivity index (χ2v) is 13.2. The maximum absolute atomic E-state index is 11.0. The fourth-order valence-electron chi connectivity index (χ4n) is 4.64. The highest BCUT2D eigenvalue weighted by Gasteiger charge is 2.21. The van der Waals surface area contributed by atoms with Gasteiger partial charge in [-0.05, 0) is 26.3 Å². The molecule has 0 bridgehead atoms. The van der Waals surface area contributed by atoms with E-state index in [1.165, 1.54) is 12.4 Å². The van der Waals surface area contributed by atoms with E-state index in [1.54, 1.807) is 18.1 Å². The van der Waals surface area contributed by atoms with E-state index >= 15 is 0 Å². The van der Waals surface area contributed by atoms with Crippen LogP contribution in [0.1, 0.15) is 48.8 Å². The van der Waals surface area contributed by atoms with Gasteiger partial charge in [-0.3, -0.25) is 10.00 Å². The van der Waals surface area contributed by atoms with E-state index in [0.717, 1.165) is 77.8 Å². The Bertz CT molecular complexity index is 1540. The van der Waals surface area contributed by atoms with Gasteiger partial charge in [0, 0.05) is 72.6 Å². The summed E-state index contributed by atoms with van der Waals surface area (Å²) < 4.78 is 6.35. The fraction of sp³-hybridized carbons (Fsp3) is 0.448. The number of anilines is 3. The number of thioether (sulfide) groups is 1. The number of carbonyl (C=O) groups is 1. The van der Waals surface area contributed by atoms with Crippen LogP contribution < -0.4 is 15.0 Å². The van der Waals surface area contributed by atoms with E-state index in [4.69, 9.17) is 9.84 Å². The molecule has 0 unspecified atom stereocenters. The number of nitrogens with zero attached hydrogens (tertiary/aromatic N) is 7. The van der Waals surface area contributed by atoms with Crippen molar-refractivity contribution in [2.75, 3.05) is 49.5 Å². The average molecular weight is 592 g/mol. The van der Waals surface area contributed by atoms with Gasteiger partial charge < -0.3 is 20.1 Å². The van der Waals surface area contributed by atoms with Crippen LogP contribution in [-0.4, -0.2) is 90.2 Å². The van der Waals surface area contributed by atoms with Crippen molar-refractivity contribution >= 4 is 46.2 Å². The molecular weight excluding hydrogens is 554 g/mol. The van der Waals surface area contributed by atoms with Crippen LogP contribution in [-0.2, 0) is 0 Å². The molecule has 0 spiro atoms. The molecule has 4 heterocycles. The number of nitrogens with one attached hydrogen (secondary N) is 2. The molecule has 1 aliphatic rings. The van der Waals surface area contributed by atoms with E-state index in [9.17, 15) is 4.79 Å². The van der Waals surface area contributed by atoms with Gasteiger partial charge in [0.05, 0.1) is 22.6 Å². The number of hydrogen-bond donors (Lipinski definition) is 3. The number of hydrogen-bond acceptors (Lipinski definition) is 11. The summed E-state index contributed by atoms with van der Waals surface area (Å²) in [6.07, 6.45) is 5.16. The number of aromatic nitrogens is 6. The summed E-state index contributed by atoms with van der Waals surface area (Å²) in [5.41, 5.74) is 2.96. The van der Waals surface area contributed by atoms with Crippen molar-refractivity contribution in [2.45, 2.75) is 50.7 Å². The smallest absolute Gasteiger partial charge is 0.338 e. The molecule has 0 amide bonds. The number of benzene rings is 1. The Morgan fingerprint density at radius 3 is 2.45 bits per heavy atom. The Hall–Kier alpha value is -3.97. The monoisotopic (exact) mass is 591 g/mol. The van der Waals surface area contributed by atoms with E-state index in [1.807, 2.05) is 19.9 Å². The third kappa shape index (κ3) is 7.08. The summed E-state index contributed by atoms with van der Waals surface area (Å²) in [6, 6.07) is 4.12. The van der Waals surface area contributed by atoms with E-state index in [-0.39, 0.29) is 10.3 Å². The Morgan fingerprint density at radius 1 is 1.07 bits per heavy atom. The first kappa shape index (κ1) is 29.5. The molecule has 4 aromatic rings. The van der Waals surface area contributed by atoms with Gasteiger partial charge >= 0.3 is 5.97 Å². The van der Waals surface area contributed by atoms with Crippen LogP contribution in [0.5, 0.6) is 5.75 Å². The third-order valence-corrected chi connectivity index (χ3v) is 8.17. The van der Waals surface area contributed by atoms with Crippen molar-refractivity contribution in [3.8, 4) is 5.75 Å². The molecule has 0 saturated carbocycles. The summed E-state index contributed by atoms with van der Waals surface area (Å²) in [6.45, 7) is 15.4. The Labute approximate surface area is 249 Å². The Kier molecular flexibility index (Phi) is 8.78. The number of rotatable bonds is 10. The van der Waals surface area contributed by atoms with Gasteiger partial charge in [0.25, 0.3) is 0 Å². The molecule has 0 atom stereocenters. The molecule has 3 aromatic heterocycles. The van der Waals surface area contributed by atoms with Gasteiger partial charge in [0.1, 0.15) is 17.9 Å². The van der Waals surface area contributed by atoms with Crippen molar-refractivity contribution in [3.05, 3.63) is 47.7 Å². The second-order valence-electron chi connectivity index (χ2n) is 11.3. The summed E-state index contributed by atoms with van der Waals surface area (Å²) in [5, 5.41) is 20.7. The number of ether oxygens (including phenoxy) is 1. The lowest BCUT2D eigenvalue weighted by atomic mass is 10.2. The summed E-state index contributed by atoms with van der Waals surface area (Å²) in [7, 11) is 0. The molecule has 0 aliphatic carbocycles. The molecule has 1 aromatic carbocycles. The highest BCUT2D eigenvalue weighted by molar-refractivity contribution is 8.00. The first-order valence-electron chi connectivity index (χ1n) is 14.0. The quantitative estimate of drug-likeness (QED) is 0.174. The second kappa shape index (κ2) is 12.5. The Balaban J connectivity index is 1.21. The number of piperazine rings is 1. The number of carboxylic acids is 1. The predicted octanol–water partition coefficient (Wildman–Crippen LogP) is 4.68. The zero-order valence-corrected chi connectivity index (χ0v) is 25.5. The van der Waals surface area contributed by atoms with Crippen LogP contribution in [0.2, 0.25) is 0 Å². The van der Waals surface area contributed by atoms with Crippen molar-refractivity contribution in [1.29, 1.82) is 0 Å². The van der Waals surface area contributed by atoms with Crippen LogP contribution in [0.15, 0.2) is 35.7 Å². The summed E-state index contributed by atoms with van der Waals surface area (Å²) >= 11 is 1.76. The molecule has 13 heteroatoms. The van der Waals surface area contributed by atoms with Crippen LogP contribution in [0.4, 0.5) is 17.6 Å². The van der Waals surface area contributed by atoms with Crippen LogP contribution in [0.3, 0.4) is 0 Å². The zero-order chi connectivity index (χ0) is 29.9. The number of fused-ring (bicyclic) bond motifs is 1. The largest absolute Gasteiger partial charge is 0.492 e. The summed E-state index contributed by atoms with van der Waals surface area (Å²) in [5.74, 6) is 1.83. The molecule has 12 nitrogen and oxygen atoms in total. The highest BCUT2D eigenvalue weighted by atomic mass is 32.2. The minimum atomic E-state index is -1.02. The molecule has 222 valence electrons. The predicted molar refractivity (Wildman–Crippen MR) is 164 cm³/mol. The lowest BCUT2D eigenvalue weighted by Crippen LogP contribution is -2.47. The molecular formula is C29H37N9O3S. The van der Waals surface area contributed by atoms with Gasteiger partial charge in [-0.15, -0.1) is 11.8 Å². The van der Waals surface area contributed by atoms with Gasteiger partial charge in [-0.1, -0.05) is 20.8 Å². The lowest BCUT2D eigenvalue weighted by molar-refractivity contribution is 0.0696. The first-order chi connectivity index (χ1) is 20.1. The first-order valence-corrected chi connectivity index (χ1v) is 14.8.